The van der Waals surface area contributed by atoms with Crippen LogP contribution < -0.4 is 10.6 Å². The summed E-state index contributed by atoms with van der Waals surface area (Å²) in [7, 11) is 1.76. The van der Waals surface area contributed by atoms with Gasteiger partial charge in [0.2, 0.25) is 0 Å². The molecule has 0 saturated heterocycles. The minimum absolute atomic E-state index is 0.275. The molecular weight excluding hydrogens is 199 g/mol. The molecule has 0 bridgehead atoms. The molecule has 1 aromatic carbocycles. The van der Waals surface area contributed by atoms with Crippen molar-refractivity contribution in [1.29, 1.82) is 0 Å². The van der Waals surface area contributed by atoms with Gasteiger partial charge in [-0.3, -0.25) is 5.32 Å². The van der Waals surface area contributed by atoms with E-state index < -0.39 is 11.9 Å². The Bertz CT molecular complexity index is 331. The molecule has 15 heavy (non-hydrogen) atoms. The van der Waals surface area contributed by atoms with Gasteiger partial charge in [-0.25, -0.2) is 9.18 Å². The minimum Gasteiger partial charge on any atom is -0.448 e. The second kappa shape index (κ2) is 5.98. The van der Waals surface area contributed by atoms with E-state index in [4.69, 9.17) is 4.74 Å². The van der Waals surface area contributed by atoms with E-state index in [2.05, 4.69) is 10.6 Å². The van der Waals surface area contributed by atoms with E-state index in [1.807, 2.05) is 0 Å². The van der Waals surface area contributed by atoms with Crippen molar-refractivity contribution in [3.63, 3.8) is 0 Å². The molecule has 1 aromatic rings. The molecule has 0 fully saturated rings. The standard InChI is InChI=1S/C10H13FN2O2/c1-12-5-6-15-10(14)13-9-4-2-3-8(11)7-9/h2-4,7,12H,5-6H2,1H3,(H,13,14). The Hall–Kier alpha value is -1.62. The molecule has 0 aliphatic carbocycles. The highest BCUT2D eigenvalue weighted by Crippen LogP contribution is 2.08. The number of hydrogen-bond acceptors (Lipinski definition) is 3. The number of ether oxygens (including phenoxy) is 1. The summed E-state index contributed by atoms with van der Waals surface area (Å²) in [4.78, 5) is 11.1. The average molecular weight is 212 g/mol. The summed E-state index contributed by atoms with van der Waals surface area (Å²) in [6, 6.07) is 5.62. The average Bonchev–Trinajstić information content (AvgIpc) is 2.18. The van der Waals surface area contributed by atoms with Gasteiger partial charge in [-0.15, -0.1) is 0 Å². The van der Waals surface area contributed by atoms with Crippen LogP contribution in [-0.4, -0.2) is 26.3 Å². The van der Waals surface area contributed by atoms with Crippen molar-refractivity contribution in [3.05, 3.63) is 30.1 Å². The Morgan fingerprint density at radius 2 is 2.33 bits per heavy atom. The van der Waals surface area contributed by atoms with Crippen LogP contribution in [0.25, 0.3) is 0 Å². The maximum Gasteiger partial charge on any atom is 0.411 e. The lowest BCUT2D eigenvalue weighted by Crippen LogP contribution is -2.20. The lowest BCUT2D eigenvalue weighted by atomic mass is 10.3. The highest BCUT2D eigenvalue weighted by molar-refractivity contribution is 5.84. The smallest absolute Gasteiger partial charge is 0.411 e. The molecule has 4 nitrogen and oxygen atoms in total. The number of likely N-dealkylation sites (N-methyl/N-ethyl adjacent to an activating group) is 1. The zero-order chi connectivity index (χ0) is 11.1. The Balaban J connectivity index is 2.37. The molecule has 0 aromatic heterocycles. The molecule has 0 spiro atoms. The fourth-order valence-electron chi connectivity index (χ4n) is 0.966. The molecule has 82 valence electrons. The Morgan fingerprint density at radius 1 is 1.53 bits per heavy atom. The largest absolute Gasteiger partial charge is 0.448 e. The van der Waals surface area contributed by atoms with Gasteiger partial charge in [0.1, 0.15) is 12.4 Å². The predicted octanol–water partition coefficient (Wildman–Crippen LogP) is 1.59. The first kappa shape index (κ1) is 11.5. The summed E-state index contributed by atoms with van der Waals surface area (Å²) < 4.78 is 17.5. The van der Waals surface area contributed by atoms with Gasteiger partial charge in [-0.2, -0.15) is 0 Å². The zero-order valence-corrected chi connectivity index (χ0v) is 8.42. The van der Waals surface area contributed by atoms with E-state index in [0.717, 1.165) is 0 Å². The quantitative estimate of drug-likeness (QED) is 0.745. The van der Waals surface area contributed by atoms with E-state index in [0.29, 0.717) is 12.2 Å². The first-order chi connectivity index (χ1) is 7.22. The van der Waals surface area contributed by atoms with Crippen molar-refractivity contribution in [2.24, 2.45) is 0 Å². The predicted molar refractivity (Wildman–Crippen MR) is 55.3 cm³/mol. The molecule has 0 atom stereocenters. The van der Waals surface area contributed by atoms with Gasteiger partial charge in [0, 0.05) is 12.2 Å². The first-order valence-corrected chi connectivity index (χ1v) is 4.56. The normalized spacial score (nSPS) is 9.73. The lowest BCUT2D eigenvalue weighted by molar-refractivity contribution is 0.163. The second-order valence-electron chi connectivity index (χ2n) is 2.87. The number of benzene rings is 1. The maximum atomic E-state index is 12.7. The van der Waals surface area contributed by atoms with Crippen molar-refractivity contribution in [2.75, 3.05) is 25.5 Å². The Kier molecular flexibility index (Phi) is 4.56. The third-order valence-corrected chi connectivity index (χ3v) is 1.66. The third-order valence-electron chi connectivity index (χ3n) is 1.66. The van der Waals surface area contributed by atoms with Gasteiger partial charge in [0.15, 0.2) is 0 Å². The van der Waals surface area contributed by atoms with E-state index >= 15 is 0 Å². The molecule has 0 radical (unpaired) electrons. The highest BCUT2D eigenvalue weighted by atomic mass is 19.1. The molecule has 1 amide bonds. The number of amides is 1. The number of halogens is 1. The van der Waals surface area contributed by atoms with Crippen LogP contribution in [0.15, 0.2) is 24.3 Å². The highest BCUT2D eigenvalue weighted by Gasteiger charge is 2.02. The van der Waals surface area contributed by atoms with E-state index in [9.17, 15) is 9.18 Å². The van der Waals surface area contributed by atoms with E-state index in [-0.39, 0.29) is 6.61 Å². The molecule has 1 rings (SSSR count). The topological polar surface area (TPSA) is 50.4 Å². The summed E-state index contributed by atoms with van der Waals surface area (Å²) >= 11 is 0. The van der Waals surface area contributed by atoms with Crippen LogP contribution >= 0.6 is 0 Å². The molecule has 0 aliphatic rings. The Labute approximate surface area is 87.4 Å². The van der Waals surface area contributed by atoms with Gasteiger partial charge in [-0.1, -0.05) is 6.07 Å². The van der Waals surface area contributed by atoms with Crippen LogP contribution in [0.5, 0.6) is 0 Å². The SMILES string of the molecule is CNCCOC(=O)Nc1cccc(F)c1. The van der Waals surface area contributed by atoms with Crippen molar-refractivity contribution in [1.82, 2.24) is 5.32 Å². The van der Waals surface area contributed by atoms with Gasteiger partial charge in [-0.05, 0) is 25.2 Å². The third kappa shape index (κ3) is 4.42. The summed E-state index contributed by atoms with van der Waals surface area (Å²) in [5.74, 6) is -0.400. The first-order valence-electron chi connectivity index (χ1n) is 4.56. The maximum absolute atomic E-state index is 12.7. The van der Waals surface area contributed by atoms with Gasteiger partial charge < -0.3 is 10.1 Å². The lowest BCUT2D eigenvalue weighted by Gasteiger charge is -2.06. The van der Waals surface area contributed by atoms with Crippen molar-refractivity contribution < 1.29 is 13.9 Å². The summed E-state index contributed by atoms with van der Waals surface area (Å²) in [6.45, 7) is 0.855. The zero-order valence-electron chi connectivity index (χ0n) is 8.42. The van der Waals surface area contributed by atoms with Crippen LogP contribution in [0.4, 0.5) is 14.9 Å². The van der Waals surface area contributed by atoms with Crippen LogP contribution in [0.2, 0.25) is 0 Å². The molecule has 0 aliphatic heterocycles. The molecule has 5 heteroatoms. The van der Waals surface area contributed by atoms with E-state index in [1.165, 1.54) is 18.2 Å². The fourth-order valence-corrected chi connectivity index (χ4v) is 0.966. The second-order valence-corrected chi connectivity index (χ2v) is 2.87. The molecule has 2 N–H and O–H groups in total. The summed E-state index contributed by atoms with van der Waals surface area (Å²) in [5, 5.41) is 5.24. The summed E-state index contributed by atoms with van der Waals surface area (Å²) in [5.41, 5.74) is 0.379. The molecule has 0 saturated carbocycles. The van der Waals surface area contributed by atoms with Crippen LogP contribution in [-0.2, 0) is 4.74 Å². The Morgan fingerprint density at radius 3 is 3.00 bits per heavy atom. The minimum atomic E-state index is -0.587. The van der Waals surface area contributed by atoms with Crippen molar-refractivity contribution in [3.8, 4) is 0 Å². The molecule has 0 heterocycles. The number of hydrogen-bond donors (Lipinski definition) is 2. The van der Waals surface area contributed by atoms with Crippen LogP contribution in [0.3, 0.4) is 0 Å². The van der Waals surface area contributed by atoms with Gasteiger partial charge >= 0.3 is 6.09 Å². The molecule has 0 unspecified atom stereocenters. The van der Waals surface area contributed by atoms with Crippen LogP contribution in [0, 0.1) is 5.82 Å². The number of rotatable bonds is 4. The van der Waals surface area contributed by atoms with Gasteiger partial charge in [0.05, 0.1) is 0 Å². The molecular formula is C10H13FN2O2. The monoisotopic (exact) mass is 212 g/mol. The fraction of sp³-hybridized carbons (Fsp3) is 0.300. The number of carbonyl (C=O) groups excluding carboxylic acids is 1. The summed E-state index contributed by atoms with van der Waals surface area (Å²) in [6.07, 6.45) is -0.587. The number of anilines is 1. The van der Waals surface area contributed by atoms with Gasteiger partial charge in [0.25, 0.3) is 0 Å². The van der Waals surface area contributed by atoms with Crippen LogP contribution in [0.1, 0.15) is 0 Å². The number of nitrogens with one attached hydrogen (secondary N) is 2. The van der Waals surface area contributed by atoms with Crippen molar-refractivity contribution in [2.45, 2.75) is 0 Å². The number of carbonyl (C=O) groups is 1. The van der Waals surface area contributed by atoms with Crippen molar-refractivity contribution >= 4 is 11.8 Å². The van der Waals surface area contributed by atoms with E-state index in [1.54, 1.807) is 13.1 Å².